The lowest BCUT2D eigenvalue weighted by atomic mass is 9.87. The number of amides is 2. The van der Waals surface area contributed by atoms with Gasteiger partial charge in [-0.1, -0.05) is 54.6 Å². The van der Waals surface area contributed by atoms with Crippen LogP contribution in [0.4, 0.5) is 0 Å². The van der Waals surface area contributed by atoms with Gasteiger partial charge in [-0.2, -0.15) is 0 Å². The summed E-state index contributed by atoms with van der Waals surface area (Å²) >= 11 is 12.1. The minimum Gasteiger partial charge on any atom is -0.354 e. The largest absolute Gasteiger partial charge is 0.354 e. The highest BCUT2D eigenvalue weighted by molar-refractivity contribution is 6.42. The maximum atomic E-state index is 11.9. The maximum absolute atomic E-state index is 11.9. The molecule has 0 atom stereocenters. The highest BCUT2D eigenvalue weighted by atomic mass is 35.5. The van der Waals surface area contributed by atoms with Crippen LogP contribution in [0.15, 0.2) is 18.2 Å². The summed E-state index contributed by atoms with van der Waals surface area (Å²) in [6, 6.07) is 5.44. The summed E-state index contributed by atoms with van der Waals surface area (Å²) in [6.07, 6.45) is 7.08. The van der Waals surface area contributed by atoms with Crippen molar-refractivity contribution in [2.75, 3.05) is 13.1 Å². The standard InChI is InChI=1S/C18H24Cl2N2O2/c19-15-8-4-7-14(18(15)20)9-10-21-17(24)12-22-16(23)11-13-5-2-1-3-6-13/h4,7-8,13H,1-3,5-6,9-12H2,(H,21,24)(H,22,23). The quantitative estimate of drug-likeness (QED) is 0.767. The first-order valence-electron chi connectivity index (χ1n) is 8.52. The molecule has 1 aromatic rings. The molecule has 132 valence electrons. The number of nitrogens with one attached hydrogen (secondary N) is 2. The number of hydrogen-bond donors (Lipinski definition) is 2. The molecule has 6 heteroatoms. The highest BCUT2D eigenvalue weighted by Crippen LogP contribution is 2.26. The predicted molar refractivity (Wildman–Crippen MR) is 97.4 cm³/mol. The minimum absolute atomic E-state index is 0.0227. The van der Waals surface area contributed by atoms with E-state index in [0.717, 1.165) is 18.4 Å². The van der Waals surface area contributed by atoms with Crippen molar-refractivity contribution >= 4 is 35.0 Å². The van der Waals surface area contributed by atoms with Crippen molar-refractivity contribution in [3.05, 3.63) is 33.8 Å². The number of hydrogen-bond acceptors (Lipinski definition) is 2. The second-order valence-electron chi connectivity index (χ2n) is 6.30. The number of carbonyl (C=O) groups is 2. The number of carbonyl (C=O) groups excluding carboxylic acids is 2. The van der Waals surface area contributed by atoms with Crippen molar-refractivity contribution in [1.82, 2.24) is 10.6 Å². The molecule has 0 aromatic heterocycles. The van der Waals surface area contributed by atoms with Crippen LogP contribution in [0.25, 0.3) is 0 Å². The molecule has 24 heavy (non-hydrogen) atoms. The summed E-state index contributed by atoms with van der Waals surface area (Å²) in [7, 11) is 0. The summed E-state index contributed by atoms with van der Waals surface area (Å²) in [6.45, 7) is 0.478. The third-order valence-corrected chi connectivity index (χ3v) is 5.25. The molecule has 1 aliphatic rings. The fourth-order valence-electron chi connectivity index (χ4n) is 3.05. The Morgan fingerprint density at radius 2 is 1.79 bits per heavy atom. The van der Waals surface area contributed by atoms with Gasteiger partial charge in [-0.25, -0.2) is 0 Å². The number of halogens is 2. The Morgan fingerprint density at radius 3 is 2.54 bits per heavy atom. The van der Waals surface area contributed by atoms with Crippen molar-refractivity contribution in [3.8, 4) is 0 Å². The average Bonchev–Trinajstić information content (AvgIpc) is 2.58. The Balaban J connectivity index is 1.62. The molecule has 1 aromatic carbocycles. The van der Waals surface area contributed by atoms with Gasteiger partial charge in [-0.05, 0) is 36.8 Å². The van der Waals surface area contributed by atoms with Gasteiger partial charge in [0.15, 0.2) is 0 Å². The first-order chi connectivity index (χ1) is 11.6. The molecule has 1 fully saturated rings. The topological polar surface area (TPSA) is 58.2 Å². The van der Waals surface area contributed by atoms with Gasteiger partial charge in [0.1, 0.15) is 0 Å². The van der Waals surface area contributed by atoms with E-state index >= 15 is 0 Å². The smallest absolute Gasteiger partial charge is 0.239 e. The van der Waals surface area contributed by atoms with Gasteiger partial charge in [0, 0.05) is 13.0 Å². The molecule has 0 bridgehead atoms. The van der Waals surface area contributed by atoms with Crippen LogP contribution in [0.3, 0.4) is 0 Å². The Morgan fingerprint density at radius 1 is 1.04 bits per heavy atom. The van der Waals surface area contributed by atoms with Crippen LogP contribution in [0.2, 0.25) is 10.0 Å². The minimum atomic E-state index is -0.190. The summed E-state index contributed by atoms with van der Waals surface area (Å²) < 4.78 is 0. The zero-order valence-electron chi connectivity index (χ0n) is 13.7. The van der Waals surface area contributed by atoms with E-state index in [1.807, 2.05) is 12.1 Å². The summed E-state index contributed by atoms with van der Waals surface area (Å²) in [5.41, 5.74) is 0.894. The first-order valence-corrected chi connectivity index (χ1v) is 9.28. The van der Waals surface area contributed by atoms with E-state index in [-0.39, 0.29) is 18.4 Å². The average molecular weight is 371 g/mol. The van der Waals surface area contributed by atoms with Gasteiger partial charge < -0.3 is 10.6 Å². The van der Waals surface area contributed by atoms with E-state index in [2.05, 4.69) is 10.6 Å². The van der Waals surface area contributed by atoms with Crippen LogP contribution in [0.1, 0.15) is 44.1 Å². The van der Waals surface area contributed by atoms with Gasteiger partial charge in [0.25, 0.3) is 0 Å². The van der Waals surface area contributed by atoms with Crippen LogP contribution in [0.5, 0.6) is 0 Å². The van der Waals surface area contributed by atoms with Gasteiger partial charge in [0.2, 0.25) is 11.8 Å². The Bertz CT molecular complexity index is 572. The van der Waals surface area contributed by atoms with E-state index in [0.29, 0.717) is 35.3 Å². The zero-order chi connectivity index (χ0) is 17.4. The summed E-state index contributed by atoms with van der Waals surface area (Å²) in [5.74, 6) is 0.256. The normalized spacial score (nSPS) is 15.1. The molecule has 0 unspecified atom stereocenters. The molecule has 4 nitrogen and oxygen atoms in total. The van der Waals surface area contributed by atoms with Crippen LogP contribution in [-0.4, -0.2) is 24.9 Å². The molecule has 2 N–H and O–H groups in total. The molecular weight excluding hydrogens is 347 g/mol. The third-order valence-electron chi connectivity index (χ3n) is 4.39. The SMILES string of the molecule is O=C(CNC(=O)CC1CCCCC1)NCCc1cccc(Cl)c1Cl. The van der Waals surface area contributed by atoms with Crippen LogP contribution >= 0.6 is 23.2 Å². The molecule has 0 aliphatic heterocycles. The van der Waals surface area contributed by atoms with Crippen LogP contribution < -0.4 is 10.6 Å². The first kappa shape index (κ1) is 19.1. The molecule has 0 heterocycles. The number of benzene rings is 1. The second-order valence-corrected chi connectivity index (χ2v) is 7.08. The van der Waals surface area contributed by atoms with E-state index in [4.69, 9.17) is 23.2 Å². The Kier molecular flexibility index (Phi) is 7.86. The monoisotopic (exact) mass is 370 g/mol. The molecule has 1 saturated carbocycles. The van der Waals surface area contributed by atoms with Gasteiger partial charge >= 0.3 is 0 Å². The van der Waals surface area contributed by atoms with Gasteiger partial charge in [-0.15, -0.1) is 0 Å². The van der Waals surface area contributed by atoms with Crippen LogP contribution in [-0.2, 0) is 16.0 Å². The lowest BCUT2D eigenvalue weighted by Crippen LogP contribution is -2.38. The van der Waals surface area contributed by atoms with Gasteiger partial charge in [0.05, 0.1) is 16.6 Å². The van der Waals surface area contributed by atoms with Gasteiger partial charge in [-0.3, -0.25) is 9.59 Å². The maximum Gasteiger partial charge on any atom is 0.239 e. The zero-order valence-corrected chi connectivity index (χ0v) is 15.3. The van der Waals surface area contributed by atoms with Crippen molar-refractivity contribution in [1.29, 1.82) is 0 Å². The molecule has 2 rings (SSSR count). The lowest BCUT2D eigenvalue weighted by Gasteiger charge is -2.20. The lowest BCUT2D eigenvalue weighted by molar-refractivity contribution is -0.126. The Labute approximate surface area is 153 Å². The summed E-state index contributed by atoms with van der Waals surface area (Å²) in [4.78, 5) is 23.7. The molecular formula is C18H24Cl2N2O2. The van der Waals surface area contributed by atoms with E-state index < -0.39 is 0 Å². The molecule has 2 amide bonds. The van der Waals surface area contributed by atoms with Crippen molar-refractivity contribution in [3.63, 3.8) is 0 Å². The molecule has 1 aliphatic carbocycles. The van der Waals surface area contributed by atoms with E-state index in [9.17, 15) is 9.59 Å². The van der Waals surface area contributed by atoms with E-state index in [1.165, 1.54) is 19.3 Å². The van der Waals surface area contributed by atoms with Crippen LogP contribution in [0, 0.1) is 5.92 Å². The Hall–Kier alpha value is -1.26. The molecule has 0 radical (unpaired) electrons. The predicted octanol–water partition coefficient (Wildman–Crippen LogP) is 3.74. The van der Waals surface area contributed by atoms with Crippen molar-refractivity contribution < 1.29 is 9.59 Å². The fourth-order valence-corrected chi connectivity index (χ4v) is 3.46. The van der Waals surface area contributed by atoms with E-state index in [1.54, 1.807) is 6.07 Å². The third kappa shape index (κ3) is 6.33. The van der Waals surface area contributed by atoms with Crippen molar-refractivity contribution in [2.45, 2.75) is 44.9 Å². The highest BCUT2D eigenvalue weighted by Gasteiger charge is 2.17. The summed E-state index contributed by atoms with van der Waals surface area (Å²) in [5, 5.41) is 6.51. The number of rotatable bonds is 7. The van der Waals surface area contributed by atoms with Crippen molar-refractivity contribution in [2.24, 2.45) is 5.92 Å². The molecule has 0 saturated heterocycles. The molecule has 0 spiro atoms. The second kappa shape index (κ2) is 9.90. The fraction of sp³-hybridized carbons (Fsp3) is 0.556.